The highest BCUT2D eigenvalue weighted by Crippen LogP contribution is 2.00. The van der Waals surface area contributed by atoms with Crippen molar-refractivity contribution in [2.45, 2.75) is 13.8 Å². The molecule has 0 aliphatic rings. The Bertz CT molecular complexity index is 242. The van der Waals surface area contributed by atoms with E-state index in [1.54, 1.807) is 0 Å². The van der Waals surface area contributed by atoms with Gasteiger partial charge >= 0.3 is 0 Å². The van der Waals surface area contributed by atoms with E-state index in [0.717, 1.165) is 0 Å². The first-order chi connectivity index (χ1) is 5.52. The summed E-state index contributed by atoms with van der Waals surface area (Å²) in [5, 5.41) is 0. The van der Waals surface area contributed by atoms with Gasteiger partial charge in [0.1, 0.15) is 0 Å². The predicted molar refractivity (Wildman–Crippen MR) is 58.9 cm³/mol. The van der Waals surface area contributed by atoms with Gasteiger partial charge in [0.15, 0.2) is 0 Å². The van der Waals surface area contributed by atoms with Crippen LogP contribution in [0.4, 0.5) is 0 Å². The standard InChI is InChI=1S/C8H10.HIO2S/c1-7-4-3-5-8(2)6-7;1-4(2)3/h3-6H,1-2H3;(H,2,3)/p-1. The van der Waals surface area contributed by atoms with Crippen molar-refractivity contribution in [2.75, 3.05) is 0 Å². The lowest BCUT2D eigenvalue weighted by atomic mass is 10.2. The fourth-order valence-corrected chi connectivity index (χ4v) is 0.807. The minimum atomic E-state index is -1.89. The monoisotopic (exact) mass is 297 g/mol. The topological polar surface area (TPSA) is 40.1 Å². The number of halogens is 1. The molecule has 0 heterocycles. The van der Waals surface area contributed by atoms with Crippen molar-refractivity contribution in [1.29, 1.82) is 0 Å². The maximum Gasteiger partial charge on any atom is 0.0163 e. The molecule has 0 spiro atoms. The maximum atomic E-state index is 8.99. The van der Waals surface area contributed by atoms with Crippen LogP contribution < -0.4 is 0 Å². The Kier molecular flexibility index (Phi) is 6.60. The normalized spacial score (nSPS) is 11.3. The summed E-state index contributed by atoms with van der Waals surface area (Å²) in [5.74, 6) is 0. The molecule has 1 aromatic rings. The first-order valence-electron chi connectivity index (χ1n) is 3.31. The van der Waals surface area contributed by atoms with Gasteiger partial charge < -0.3 is 4.55 Å². The van der Waals surface area contributed by atoms with Crippen LogP contribution in [0.15, 0.2) is 24.3 Å². The molecule has 1 aromatic carbocycles. The number of hydrogen-bond donors (Lipinski definition) is 0. The highest BCUT2D eigenvalue weighted by Gasteiger charge is 1.80. The van der Waals surface area contributed by atoms with E-state index in [0.29, 0.717) is 0 Å². The first kappa shape index (κ1) is 12.1. The molecule has 0 saturated carbocycles. The zero-order valence-corrected chi connectivity index (χ0v) is 9.89. The van der Waals surface area contributed by atoms with Gasteiger partial charge in [-0.25, -0.2) is 0 Å². The zero-order chi connectivity index (χ0) is 9.56. The number of hydrogen-bond acceptors (Lipinski definition) is 2. The largest absolute Gasteiger partial charge is 0.764 e. The second-order valence-corrected chi connectivity index (χ2v) is 4.90. The Morgan fingerprint density at radius 3 is 1.83 bits per heavy atom. The van der Waals surface area contributed by atoms with Crippen LogP contribution in [-0.4, -0.2) is 8.76 Å². The molecule has 0 radical (unpaired) electrons. The third-order valence-corrected chi connectivity index (χ3v) is 1.17. The van der Waals surface area contributed by atoms with Crippen LogP contribution in [-0.2, 0) is 8.25 Å². The summed E-state index contributed by atoms with van der Waals surface area (Å²) in [6, 6.07) is 8.45. The number of aryl methyl sites for hydroxylation is 2. The van der Waals surface area contributed by atoms with Gasteiger partial charge in [-0.05, 0) is 13.8 Å². The lowest BCUT2D eigenvalue weighted by Crippen LogP contribution is -1.71. The van der Waals surface area contributed by atoms with Gasteiger partial charge in [-0.2, -0.15) is 0 Å². The van der Waals surface area contributed by atoms with Crippen molar-refractivity contribution in [1.82, 2.24) is 0 Å². The van der Waals surface area contributed by atoms with Gasteiger partial charge in [-0.1, -0.05) is 35.4 Å². The molecule has 68 valence electrons. The third kappa shape index (κ3) is 8.16. The van der Waals surface area contributed by atoms with E-state index in [2.05, 4.69) is 38.1 Å². The van der Waals surface area contributed by atoms with Crippen molar-refractivity contribution in [3.63, 3.8) is 0 Å². The smallest absolute Gasteiger partial charge is 0.0163 e. The van der Waals surface area contributed by atoms with Crippen LogP contribution in [0.1, 0.15) is 11.1 Å². The van der Waals surface area contributed by atoms with Crippen molar-refractivity contribution in [3.8, 4) is 0 Å². The molecule has 0 fully saturated rings. The second-order valence-electron chi connectivity index (χ2n) is 2.35. The lowest BCUT2D eigenvalue weighted by molar-refractivity contribution is 0.556. The van der Waals surface area contributed by atoms with Crippen LogP contribution >= 0.6 is 21.2 Å². The zero-order valence-electron chi connectivity index (χ0n) is 6.91. The van der Waals surface area contributed by atoms with Crippen molar-refractivity contribution < 1.29 is 8.76 Å². The SMILES string of the molecule is Cc1cccc(C)c1.O=S([O-])I. The van der Waals surface area contributed by atoms with Gasteiger partial charge in [0.25, 0.3) is 0 Å². The molecule has 0 aromatic heterocycles. The third-order valence-electron chi connectivity index (χ3n) is 1.17. The molecular formula is C8H10IO2S-. The van der Waals surface area contributed by atoms with E-state index in [1.165, 1.54) is 32.3 Å². The summed E-state index contributed by atoms with van der Waals surface area (Å²) >= 11 is 1.26. The summed E-state index contributed by atoms with van der Waals surface area (Å²) in [7, 11) is -1.89. The van der Waals surface area contributed by atoms with Crippen molar-refractivity contribution >= 4 is 29.5 Å². The van der Waals surface area contributed by atoms with Crippen LogP contribution in [0.2, 0.25) is 0 Å². The Balaban J connectivity index is 0.000000261. The van der Waals surface area contributed by atoms with Gasteiger partial charge in [-0.15, -0.1) is 0 Å². The van der Waals surface area contributed by atoms with E-state index in [-0.39, 0.29) is 0 Å². The molecule has 1 unspecified atom stereocenters. The van der Waals surface area contributed by atoms with Crippen LogP contribution in [0.25, 0.3) is 0 Å². The quantitative estimate of drug-likeness (QED) is 0.419. The Morgan fingerprint density at radius 1 is 1.33 bits per heavy atom. The van der Waals surface area contributed by atoms with Gasteiger partial charge in [0.2, 0.25) is 0 Å². The summed E-state index contributed by atoms with van der Waals surface area (Å²) < 4.78 is 18.0. The van der Waals surface area contributed by atoms with E-state index < -0.39 is 8.25 Å². The lowest BCUT2D eigenvalue weighted by Gasteiger charge is -1.90. The molecule has 0 bridgehead atoms. The van der Waals surface area contributed by atoms with Crippen molar-refractivity contribution in [3.05, 3.63) is 35.4 Å². The number of rotatable bonds is 0. The second kappa shape index (κ2) is 6.56. The fraction of sp³-hybridized carbons (Fsp3) is 0.250. The highest BCUT2D eigenvalue weighted by atomic mass is 127. The molecule has 0 saturated heterocycles. The average Bonchev–Trinajstić information content (AvgIpc) is 1.84. The number of benzene rings is 1. The Hall–Kier alpha value is 0.0600. The molecule has 0 aliphatic heterocycles. The molecule has 12 heavy (non-hydrogen) atoms. The fourth-order valence-electron chi connectivity index (χ4n) is 0.807. The summed E-state index contributed by atoms with van der Waals surface area (Å²) in [4.78, 5) is 0. The summed E-state index contributed by atoms with van der Waals surface area (Å²) in [5.41, 5.74) is 2.68. The van der Waals surface area contributed by atoms with Gasteiger partial charge in [0, 0.05) is 29.5 Å². The van der Waals surface area contributed by atoms with Gasteiger partial charge in [0.05, 0.1) is 0 Å². The molecule has 0 aliphatic carbocycles. The molecular weight excluding hydrogens is 287 g/mol. The van der Waals surface area contributed by atoms with Gasteiger partial charge in [-0.3, -0.25) is 4.21 Å². The Labute approximate surface area is 87.3 Å². The molecule has 0 amide bonds. The molecule has 1 rings (SSSR count). The summed E-state index contributed by atoms with van der Waals surface area (Å²) in [6.07, 6.45) is 0. The highest BCUT2D eigenvalue weighted by molar-refractivity contribution is 14.2. The van der Waals surface area contributed by atoms with E-state index in [9.17, 15) is 0 Å². The predicted octanol–water partition coefficient (Wildman–Crippen LogP) is 2.52. The maximum absolute atomic E-state index is 8.99. The average molecular weight is 297 g/mol. The molecule has 4 heteroatoms. The van der Waals surface area contributed by atoms with E-state index in [1.807, 2.05) is 0 Å². The molecule has 2 nitrogen and oxygen atoms in total. The van der Waals surface area contributed by atoms with Crippen LogP contribution in [0.3, 0.4) is 0 Å². The first-order valence-corrected chi connectivity index (χ1v) is 6.93. The molecule has 1 atom stereocenters. The van der Waals surface area contributed by atoms with Crippen LogP contribution in [0.5, 0.6) is 0 Å². The van der Waals surface area contributed by atoms with E-state index >= 15 is 0 Å². The Morgan fingerprint density at radius 2 is 1.67 bits per heavy atom. The molecule has 0 N–H and O–H groups in total. The minimum Gasteiger partial charge on any atom is -0.764 e. The van der Waals surface area contributed by atoms with Crippen LogP contribution in [0, 0.1) is 13.8 Å². The van der Waals surface area contributed by atoms with Crippen molar-refractivity contribution in [2.24, 2.45) is 0 Å². The summed E-state index contributed by atoms with van der Waals surface area (Å²) in [6.45, 7) is 4.21. The van der Waals surface area contributed by atoms with E-state index in [4.69, 9.17) is 8.76 Å². The minimum absolute atomic E-state index is 1.26.